The predicted octanol–water partition coefficient (Wildman–Crippen LogP) is -0.442. The Morgan fingerprint density at radius 3 is 2.38 bits per heavy atom. The summed E-state index contributed by atoms with van der Waals surface area (Å²) in [4.78, 5) is 41.4. The number of nitrogens with zero attached hydrogens (tertiary/aromatic N) is 2. The van der Waals surface area contributed by atoms with Gasteiger partial charge in [0.2, 0.25) is 0 Å². The Morgan fingerprint density at radius 2 is 1.92 bits per heavy atom. The summed E-state index contributed by atoms with van der Waals surface area (Å²) in [6.45, 7) is 1.79. The first-order chi connectivity index (χ1) is 12.2. The van der Waals surface area contributed by atoms with E-state index in [1.165, 1.54) is 12.4 Å². The molecule has 1 aromatic rings. The van der Waals surface area contributed by atoms with Crippen LogP contribution in [-0.4, -0.2) is 67.0 Å². The summed E-state index contributed by atoms with van der Waals surface area (Å²) < 4.78 is 0. The average molecular weight is 365 g/mol. The fourth-order valence-corrected chi connectivity index (χ4v) is 2.73. The Kier molecular flexibility index (Phi) is 6.01. The van der Waals surface area contributed by atoms with E-state index in [1.54, 1.807) is 6.08 Å². The first-order valence-electron chi connectivity index (χ1n) is 7.85. The van der Waals surface area contributed by atoms with E-state index in [4.69, 9.17) is 5.11 Å². The Balaban J connectivity index is 2.27. The largest absolute Gasteiger partial charge is 0.481 e. The van der Waals surface area contributed by atoms with Gasteiger partial charge in [-0.1, -0.05) is 12.2 Å². The minimum absolute atomic E-state index is 0.370. The molecule has 10 heteroatoms. The second-order valence-corrected chi connectivity index (χ2v) is 6.06. The summed E-state index contributed by atoms with van der Waals surface area (Å²) in [7, 11) is 0. The zero-order chi connectivity index (χ0) is 19.3. The quantitative estimate of drug-likeness (QED) is 0.407. The van der Waals surface area contributed by atoms with Crippen LogP contribution in [0.3, 0.4) is 0 Å². The molecule has 1 aliphatic heterocycles. The average Bonchev–Trinajstić information content (AvgIpc) is 3.06. The van der Waals surface area contributed by atoms with Gasteiger partial charge in [-0.15, -0.1) is 0 Å². The van der Waals surface area contributed by atoms with Crippen LogP contribution in [-0.2, 0) is 14.4 Å². The van der Waals surface area contributed by atoms with E-state index in [9.17, 15) is 29.7 Å². The lowest BCUT2D eigenvalue weighted by Crippen LogP contribution is -2.49. The summed E-state index contributed by atoms with van der Waals surface area (Å²) in [5.74, 6) is -7.62. The third-order valence-corrected chi connectivity index (χ3v) is 4.12. The van der Waals surface area contributed by atoms with Crippen LogP contribution < -0.4 is 5.32 Å². The Labute approximate surface area is 148 Å². The Hall–Kier alpha value is -2.85. The van der Waals surface area contributed by atoms with Crippen molar-refractivity contribution in [2.75, 3.05) is 13.1 Å². The van der Waals surface area contributed by atoms with E-state index < -0.39 is 41.7 Å². The number of carboxylic acid groups (broad SMARTS) is 3. The maximum Gasteiger partial charge on any atom is 0.337 e. The minimum atomic E-state index is -3.08. The highest BCUT2D eigenvalue weighted by atomic mass is 16.4. The number of nitrogens with one attached hydrogen (secondary N) is 1. The normalized spacial score (nSPS) is 20.6. The molecule has 0 amide bonds. The lowest BCUT2D eigenvalue weighted by Gasteiger charge is -2.27. The van der Waals surface area contributed by atoms with Crippen molar-refractivity contribution in [3.8, 4) is 0 Å². The number of aromatic nitrogens is 2. The zero-order valence-electron chi connectivity index (χ0n) is 13.7. The SMILES string of the molecule is O=C(O)C[C@](O)(C(=O)O)C(C(=O)O)c1ncc(/C=C/C2CCNC2)cn1. The molecule has 5 N–H and O–H groups in total. The molecule has 0 aliphatic carbocycles. The van der Waals surface area contributed by atoms with E-state index in [-0.39, 0.29) is 0 Å². The number of aliphatic carboxylic acids is 3. The van der Waals surface area contributed by atoms with E-state index in [1.807, 2.05) is 6.08 Å². The van der Waals surface area contributed by atoms with Crippen molar-refractivity contribution in [1.29, 1.82) is 0 Å². The number of hydrogen-bond donors (Lipinski definition) is 5. The van der Waals surface area contributed by atoms with Crippen molar-refractivity contribution in [1.82, 2.24) is 15.3 Å². The molecule has 0 bridgehead atoms. The van der Waals surface area contributed by atoms with Gasteiger partial charge in [-0.3, -0.25) is 9.59 Å². The summed E-state index contributed by atoms with van der Waals surface area (Å²) >= 11 is 0. The van der Waals surface area contributed by atoms with Gasteiger partial charge in [0.25, 0.3) is 0 Å². The van der Waals surface area contributed by atoms with Gasteiger partial charge in [-0.25, -0.2) is 14.8 Å². The maximum atomic E-state index is 11.5. The zero-order valence-corrected chi connectivity index (χ0v) is 13.7. The van der Waals surface area contributed by atoms with Crippen LogP contribution in [0.1, 0.15) is 30.1 Å². The molecule has 26 heavy (non-hydrogen) atoms. The molecule has 1 saturated heterocycles. The predicted molar refractivity (Wildman–Crippen MR) is 87.3 cm³/mol. The minimum Gasteiger partial charge on any atom is -0.481 e. The maximum absolute atomic E-state index is 11.5. The van der Waals surface area contributed by atoms with Crippen LogP contribution in [0.15, 0.2) is 18.5 Å². The number of hydrogen-bond acceptors (Lipinski definition) is 7. The van der Waals surface area contributed by atoms with Gasteiger partial charge in [0.15, 0.2) is 11.5 Å². The van der Waals surface area contributed by atoms with E-state index in [0.717, 1.165) is 19.5 Å². The number of aliphatic hydroxyl groups is 1. The second-order valence-electron chi connectivity index (χ2n) is 6.06. The number of rotatable bonds is 8. The van der Waals surface area contributed by atoms with Gasteiger partial charge in [-0.2, -0.15) is 0 Å². The fourth-order valence-electron chi connectivity index (χ4n) is 2.73. The lowest BCUT2D eigenvalue weighted by atomic mass is 9.83. The van der Waals surface area contributed by atoms with Crippen molar-refractivity contribution < 1.29 is 34.8 Å². The van der Waals surface area contributed by atoms with Gasteiger partial charge >= 0.3 is 17.9 Å². The molecule has 2 rings (SSSR count). The molecule has 1 aliphatic rings. The molecule has 0 saturated carbocycles. The van der Waals surface area contributed by atoms with Gasteiger partial charge < -0.3 is 25.7 Å². The Morgan fingerprint density at radius 1 is 1.27 bits per heavy atom. The van der Waals surface area contributed by atoms with Crippen LogP contribution in [0.5, 0.6) is 0 Å². The molecule has 1 fully saturated rings. The molecule has 0 spiro atoms. The third-order valence-electron chi connectivity index (χ3n) is 4.12. The molecule has 2 unspecified atom stereocenters. The summed E-state index contributed by atoms with van der Waals surface area (Å²) in [5, 5.41) is 40.7. The molecular formula is C16H19N3O7. The highest BCUT2D eigenvalue weighted by Crippen LogP contribution is 2.30. The van der Waals surface area contributed by atoms with Gasteiger partial charge in [0.1, 0.15) is 5.82 Å². The van der Waals surface area contributed by atoms with Crippen LogP contribution in [0.4, 0.5) is 0 Å². The second kappa shape index (κ2) is 8.02. The Bertz CT molecular complexity index is 713. The first kappa shape index (κ1) is 19.5. The monoisotopic (exact) mass is 365 g/mol. The van der Waals surface area contributed by atoms with Gasteiger partial charge in [0.05, 0.1) is 6.42 Å². The molecule has 140 valence electrons. The highest BCUT2D eigenvalue weighted by molar-refractivity contribution is 5.92. The molecule has 1 aromatic heterocycles. The standard InChI is InChI=1S/C16H19N3O7/c20-11(21)5-16(26,15(24)25)12(14(22)23)13-18-7-10(8-19-13)2-1-9-3-4-17-6-9/h1-2,7-9,12,17,26H,3-6H2,(H,20,21)(H,22,23)(H,24,25)/b2-1+/t9?,12?,16-/m1/s1. The molecule has 10 nitrogen and oxygen atoms in total. The lowest BCUT2D eigenvalue weighted by molar-refractivity contribution is -0.174. The van der Waals surface area contributed by atoms with E-state index >= 15 is 0 Å². The summed E-state index contributed by atoms with van der Waals surface area (Å²) in [5.41, 5.74) is -2.51. The topological polar surface area (TPSA) is 170 Å². The smallest absolute Gasteiger partial charge is 0.337 e. The van der Waals surface area contributed by atoms with Crippen molar-refractivity contribution in [2.45, 2.75) is 24.4 Å². The van der Waals surface area contributed by atoms with Crippen LogP contribution in [0, 0.1) is 5.92 Å². The highest BCUT2D eigenvalue weighted by Gasteiger charge is 2.52. The molecule has 0 aromatic carbocycles. The fraction of sp³-hybridized carbons (Fsp3) is 0.438. The molecule has 2 heterocycles. The number of carbonyl (C=O) groups is 3. The molecule has 3 atom stereocenters. The van der Waals surface area contributed by atoms with Crippen molar-refractivity contribution >= 4 is 24.0 Å². The number of carboxylic acids is 3. The van der Waals surface area contributed by atoms with Gasteiger partial charge in [-0.05, 0) is 18.9 Å². The van der Waals surface area contributed by atoms with Gasteiger partial charge in [0, 0.05) is 24.5 Å². The van der Waals surface area contributed by atoms with Crippen molar-refractivity contribution in [2.24, 2.45) is 5.92 Å². The molecule has 0 radical (unpaired) electrons. The van der Waals surface area contributed by atoms with Crippen molar-refractivity contribution in [3.05, 3.63) is 29.9 Å². The van der Waals surface area contributed by atoms with Crippen LogP contribution >= 0.6 is 0 Å². The first-order valence-corrected chi connectivity index (χ1v) is 7.85. The van der Waals surface area contributed by atoms with Crippen molar-refractivity contribution in [3.63, 3.8) is 0 Å². The molecular weight excluding hydrogens is 346 g/mol. The summed E-state index contributed by atoms with van der Waals surface area (Å²) in [6.07, 6.45) is 6.00. The third kappa shape index (κ3) is 4.41. The van der Waals surface area contributed by atoms with Crippen LogP contribution in [0.25, 0.3) is 6.08 Å². The van der Waals surface area contributed by atoms with Crippen LogP contribution in [0.2, 0.25) is 0 Å². The van der Waals surface area contributed by atoms with E-state index in [0.29, 0.717) is 11.5 Å². The summed E-state index contributed by atoms with van der Waals surface area (Å²) in [6, 6.07) is 0. The van der Waals surface area contributed by atoms with E-state index in [2.05, 4.69) is 15.3 Å².